The van der Waals surface area contributed by atoms with Crippen molar-refractivity contribution in [3.8, 4) is 22.4 Å². The SMILES string of the molecule is NCC1CCC(C(=O)N[C@@H](Cc2cccc(-c3ccccc3)c2)c2ncc(-c3ccc4c(N)n[nH]c4c3)[nH]2)CC1. The van der Waals surface area contributed by atoms with Gasteiger partial charge in [0, 0.05) is 16.9 Å². The first-order valence-corrected chi connectivity index (χ1v) is 14.0. The van der Waals surface area contributed by atoms with Crippen LogP contribution >= 0.6 is 0 Å². The maximum atomic E-state index is 13.5. The van der Waals surface area contributed by atoms with Crippen LogP contribution in [0.3, 0.4) is 0 Å². The van der Waals surface area contributed by atoms with Crippen LogP contribution < -0.4 is 16.8 Å². The first-order chi connectivity index (χ1) is 19.6. The number of H-pyrrole nitrogens is 2. The molecule has 0 spiro atoms. The van der Waals surface area contributed by atoms with Crippen molar-refractivity contribution in [3.63, 3.8) is 0 Å². The van der Waals surface area contributed by atoms with Crippen molar-refractivity contribution in [1.82, 2.24) is 25.5 Å². The number of anilines is 1. The van der Waals surface area contributed by atoms with E-state index >= 15 is 0 Å². The van der Waals surface area contributed by atoms with Crippen LogP contribution in [0.25, 0.3) is 33.3 Å². The molecule has 0 aliphatic heterocycles. The van der Waals surface area contributed by atoms with Gasteiger partial charge in [-0.05, 0) is 73.4 Å². The molecule has 0 bridgehead atoms. The molecule has 1 fully saturated rings. The average Bonchev–Trinajstić information content (AvgIpc) is 3.64. The fourth-order valence-electron chi connectivity index (χ4n) is 5.78. The van der Waals surface area contributed by atoms with E-state index in [-0.39, 0.29) is 17.9 Å². The zero-order valence-electron chi connectivity index (χ0n) is 22.4. The van der Waals surface area contributed by atoms with E-state index in [1.54, 1.807) is 0 Å². The number of nitrogens with two attached hydrogens (primary N) is 2. The van der Waals surface area contributed by atoms with Crippen molar-refractivity contribution < 1.29 is 4.79 Å². The number of nitrogens with one attached hydrogen (secondary N) is 3. The van der Waals surface area contributed by atoms with Gasteiger partial charge in [-0.2, -0.15) is 5.10 Å². The normalized spacial score (nSPS) is 18.0. The van der Waals surface area contributed by atoms with Crippen LogP contribution in [0.2, 0.25) is 0 Å². The molecule has 0 radical (unpaired) electrons. The topological polar surface area (TPSA) is 138 Å². The second kappa shape index (κ2) is 11.4. The van der Waals surface area contributed by atoms with Crippen molar-refractivity contribution in [2.24, 2.45) is 17.6 Å². The van der Waals surface area contributed by atoms with E-state index < -0.39 is 0 Å². The lowest BCUT2D eigenvalue weighted by atomic mass is 9.81. The van der Waals surface area contributed by atoms with Crippen LogP contribution in [-0.2, 0) is 11.2 Å². The van der Waals surface area contributed by atoms with E-state index in [9.17, 15) is 4.79 Å². The van der Waals surface area contributed by atoms with Gasteiger partial charge in [0.1, 0.15) is 5.82 Å². The summed E-state index contributed by atoms with van der Waals surface area (Å²) in [5, 5.41) is 11.3. The number of fused-ring (bicyclic) bond motifs is 1. The Morgan fingerprint density at radius 3 is 2.55 bits per heavy atom. The molecule has 8 heteroatoms. The Balaban J connectivity index is 1.27. The lowest BCUT2D eigenvalue weighted by molar-refractivity contribution is -0.127. The molecule has 0 unspecified atom stereocenters. The van der Waals surface area contributed by atoms with Crippen LogP contribution in [0.1, 0.15) is 43.1 Å². The Hall–Kier alpha value is -4.43. The molecule has 8 nitrogen and oxygen atoms in total. The van der Waals surface area contributed by atoms with E-state index in [4.69, 9.17) is 16.5 Å². The number of rotatable bonds is 8. The molecule has 1 aliphatic rings. The third kappa shape index (κ3) is 5.49. The smallest absolute Gasteiger partial charge is 0.223 e. The van der Waals surface area contributed by atoms with Gasteiger partial charge in [-0.15, -0.1) is 0 Å². The zero-order valence-corrected chi connectivity index (χ0v) is 22.4. The minimum atomic E-state index is -0.300. The number of nitrogen functional groups attached to an aromatic ring is 1. The molecule has 7 N–H and O–H groups in total. The molecule has 1 amide bonds. The summed E-state index contributed by atoms with van der Waals surface area (Å²) in [5.41, 5.74) is 18.0. The molecule has 3 aromatic carbocycles. The third-order valence-corrected chi connectivity index (χ3v) is 8.17. The van der Waals surface area contributed by atoms with Crippen LogP contribution in [0.5, 0.6) is 0 Å². The number of hydrogen-bond acceptors (Lipinski definition) is 5. The second-order valence-electron chi connectivity index (χ2n) is 10.8. The molecular formula is C32H35N7O. The number of carbonyl (C=O) groups is 1. The fourth-order valence-corrected chi connectivity index (χ4v) is 5.78. The quantitative estimate of drug-likeness (QED) is 0.183. The van der Waals surface area contributed by atoms with Crippen molar-refractivity contribution in [1.29, 1.82) is 0 Å². The Bertz CT molecular complexity index is 1600. The highest BCUT2D eigenvalue weighted by Gasteiger charge is 2.28. The predicted molar refractivity (Wildman–Crippen MR) is 159 cm³/mol. The Kier molecular flexibility index (Phi) is 7.33. The first-order valence-electron chi connectivity index (χ1n) is 14.0. The van der Waals surface area contributed by atoms with Gasteiger partial charge in [0.15, 0.2) is 5.82 Å². The van der Waals surface area contributed by atoms with Gasteiger partial charge in [-0.3, -0.25) is 9.89 Å². The number of hydrogen-bond donors (Lipinski definition) is 5. The molecule has 0 saturated heterocycles. The van der Waals surface area contributed by atoms with Gasteiger partial charge in [-0.25, -0.2) is 4.98 Å². The highest BCUT2D eigenvalue weighted by molar-refractivity contribution is 5.91. The summed E-state index contributed by atoms with van der Waals surface area (Å²) < 4.78 is 0. The Labute approximate surface area is 233 Å². The monoisotopic (exact) mass is 533 g/mol. The van der Waals surface area contributed by atoms with E-state index in [1.165, 1.54) is 0 Å². The van der Waals surface area contributed by atoms with E-state index in [0.717, 1.165) is 70.4 Å². The minimum Gasteiger partial charge on any atom is -0.382 e. The van der Waals surface area contributed by atoms with Gasteiger partial charge < -0.3 is 21.8 Å². The molecule has 2 aromatic heterocycles. The first kappa shape index (κ1) is 25.8. The minimum absolute atomic E-state index is 0.00336. The van der Waals surface area contributed by atoms with E-state index in [2.05, 4.69) is 56.9 Å². The zero-order chi connectivity index (χ0) is 27.5. The molecular weight excluding hydrogens is 498 g/mol. The van der Waals surface area contributed by atoms with E-state index in [0.29, 0.717) is 24.7 Å². The van der Waals surface area contributed by atoms with Crippen molar-refractivity contribution in [3.05, 3.63) is 90.4 Å². The lowest BCUT2D eigenvalue weighted by Gasteiger charge is -2.28. The van der Waals surface area contributed by atoms with Gasteiger partial charge in [0.05, 0.1) is 23.4 Å². The summed E-state index contributed by atoms with van der Waals surface area (Å²) >= 11 is 0. The van der Waals surface area contributed by atoms with Gasteiger partial charge in [-0.1, -0.05) is 60.7 Å². The third-order valence-electron chi connectivity index (χ3n) is 8.17. The average molecular weight is 534 g/mol. The summed E-state index contributed by atoms with van der Waals surface area (Å²) in [6, 6.07) is 24.5. The molecule has 1 aliphatic carbocycles. The number of imidazole rings is 1. The summed E-state index contributed by atoms with van der Waals surface area (Å²) in [6.07, 6.45) is 6.20. The molecule has 204 valence electrons. The van der Waals surface area contributed by atoms with Crippen molar-refractivity contribution in [2.75, 3.05) is 12.3 Å². The number of carbonyl (C=O) groups excluding carboxylic acids is 1. The van der Waals surface area contributed by atoms with Crippen molar-refractivity contribution >= 4 is 22.6 Å². The van der Waals surface area contributed by atoms with Crippen molar-refractivity contribution in [2.45, 2.75) is 38.1 Å². The fraction of sp³-hybridized carbons (Fsp3) is 0.281. The number of nitrogens with zero attached hydrogens (tertiary/aromatic N) is 2. The molecule has 40 heavy (non-hydrogen) atoms. The Morgan fingerprint density at radius 1 is 0.950 bits per heavy atom. The van der Waals surface area contributed by atoms with Gasteiger partial charge in [0.2, 0.25) is 5.91 Å². The number of benzene rings is 3. The molecule has 1 atom stereocenters. The maximum absolute atomic E-state index is 13.5. The standard InChI is InChI=1S/C32H35N7O/c33-18-20-9-11-23(12-10-20)32(40)37-28(16-21-5-4-8-24(15-21)22-6-2-1-3-7-22)31-35-19-29(36-31)25-13-14-26-27(17-25)38-39-30(26)34/h1-8,13-15,17,19-20,23,28H,9-12,16,18,33H2,(H,35,36)(H,37,40)(H3,34,38,39)/t20?,23?,28-/m0/s1. The number of aromatic amines is 2. The molecule has 1 saturated carbocycles. The predicted octanol–water partition coefficient (Wildman–Crippen LogP) is 5.37. The molecule has 2 heterocycles. The summed E-state index contributed by atoms with van der Waals surface area (Å²) in [7, 11) is 0. The van der Waals surface area contributed by atoms with Crippen LogP contribution in [0.15, 0.2) is 79.0 Å². The van der Waals surface area contributed by atoms with Crippen LogP contribution in [-0.4, -0.2) is 32.6 Å². The summed E-state index contributed by atoms with van der Waals surface area (Å²) in [6.45, 7) is 0.695. The number of amides is 1. The highest BCUT2D eigenvalue weighted by atomic mass is 16.2. The molecule has 6 rings (SSSR count). The maximum Gasteiger partial charge on any atom is 0.223 e. The lowest BCUT2D eigenvalue weighted by Crippen LogP contribution is -2.37. The second-order valence-corrected chi connectivity index (χ2v) is 10.8. The highest BCUT2D eigenvalue weighted by Crippen LogP contribution is 2.31. The number of aromatic nitrogens is 4. The Morgan fingerprint density at radius 2 is 1.75 bits per heavy atom. The summed E-state index contributed by atoms with van der Waals surface area (Å²) in [5.74, 6) is 1.83. The van der Waals surface area contributed by atoms with Crippen LogP contribution in [0.4, 0.5) is 5.82 Å². The summed E-state index contributed by atoms with van der Waals surface area (Å²) in [4.78, 5) is 21.7. The largest absolute Gasteiger partial charge is 0.382 e. The van der Waals surface area contributed by atoms with Gasteiger partial charge >= 0.3 is 0 Å². The molecule has 5 aromatic rings. The van der Waals surface area contributed by atoms with Gasteiger partial charge in [0.25, 0.3) is 0 Å². The van der Waals surface area contributed by atoms with Crippen LogP contribution in [0, 0.1) is 11.8 Å². The van der Waals surface area contributed by atoms with E-state index in [1.807, 2.05) is 42.6 Å².